The van der Waals surface area contributed by atoms with Crippen molar-refractivity contribution in [3.8, 4) is 0 Å². The van der Waals surface area contributed by atoms with Gasteiger partial charge in [-0.15, -0.1) is 3.89 Å². The Hall–Kier alpha value is -0.120. The molecule has 4 heteroatoms. The van der Waals surface area contributed by atoms with Crippen molar-refractivity contribution in [1.29, 1.82) is 0 Å². The molecular formula is C5H11FO2S. The molecular weight excluding hydrogens is 143 g/mol. The van der Waals surface area contributed by atoms with Crippen molar-refractivity contribution in [2.24, 2.45) is 5.41 Å². The van der Waals surface area contributed by atoms with Crippen LogP contribution in [-0.2, 0) is 10.2 Å². The highest BCUT2D eigenvalue weighted by Gasteiger charge is 2.19. The molecule has 0 aromatic rings. The maximum atomic E-state index is 11.9. The van der Waals surface area contributed by atoms with E-state index in [1.54, 1.807) is 20.8 Å². The van der Waals surface area contributed by atoms with Gasteiger partial charge >= 0.3 is 10.2 Å². The van der Waals surface area contributed by atoms with Crippen molar-refractivity contribution in [1.82, 2.24) is 0 Å². The van der Waals surface area contributed by atoms with E-state index in [1.165, 1.54) is 0 Å². The summed E-state index contributed by atoms with van der Waals surface area (Å²) in [6.07, 6.45) is 0. The van der Waals surface area contributed by atoms with Crippen LogP contribution in [0.2, 0.25) is 0 Å². The lowest BCUT2D eigenvalue weighted by molar-refractivity contribution is 0.448. The Morgan fingerprint density at radius 1 is 1.33 bits per heavy atom. The standard InChI is InChI=1S/C5H11FO2S/c1-5(2,3)4-9(6,7)8/h4H2,1-3H3. The average Bonchev–Trinajstić information content (AvgIpc) is 1.14. The molecule has 0 spiro atoms. The smallest absolute Gasteiger partial charge is 0.195 e. The minimum absolute atomic E-state index is 0.403. The van der Waals surface area contributed by atoms with E-state index >= 15 is 0 Å². The summed E-state index contributed by atoms with van der Waals surface area (Å²) < 4.78 is 31.8. The highest BCUT2D eigenvalue weighted by molar-refractivity contribution is 7.86. The van der Waals surface area contributed by atoms with Gasteiger partial charge in [-0.2, -0.15) is 8.42 Å². The van der Waals surface area contributed by atoms with Crippen LogP contribution in [0.25, 0.3) is 0 Å². The summed E-state index contributed by atoms with van der Waals surface area (Å²) in [4.78, 5) is 0. The summed E-state index contributed by atoms with van der Waals surface area (Å²) >= 11 is 0. The normalized spacial score (nSPS) is 13.8. The highest BCUT2D eigenvalue weighted by Crippen LogP contribution is 2.16. The maximum Gasteiger partial charge on any atom is 0.302 e. The Kier molecular flexibility index (Phi) is 2.22. The van der Waals surface area contributed by atoms with Crippen LogP contribution >= 0.6 is 0 Å². The van der Waals surface area contributed by atoms with E-state index in [0.717, 1.165) is 0 Å². The van der Waals surface area contributed by atoms with E-state index in [2.05, 4.69) is 0 Å². The predicted molar refractivity (Wildman–Crippen MR) is 34.3 cm³/mol. The van der Waals surface area contributed by atoms with Gasteiger partial charge in [0.15, 0.2) is 0 Å². The lowest BCUT2D eigenvalue weighted by Crippen LogP contribution is -2.16. The fraction of sp³-hybridized carbons (Fsp3) is 1.00. The van der Waals surface area contributed by atoms with Gasteiger partial charge in [-0.1, -0.05) is 20.8 Å². The van der Waals surface area contributed by atoms with Gasteiger partial charge in [0.25, 0.3) is 0 Å². The maximum absolute atomic E-state index is 11.9. The van der Waals surface area contributed by atoms with Crippen molar-refractivity contribution in [2.75, 3.05) is 5.75 Å². The monoisotopic (exact) mass is 154 g/mol. The molecule has 56 valence electrons. The minimum atomic E-state index is -4.28. The van der Waals surface area contributed by atoms with Crippen LogP contribution in [0.4, 0.5) is 3.89 Å². The van der Waals surface area contributed by atoms with Crippen LogP contribution in [0.1, 0.15) is 20.8 Å². The highest BCUT2D eigenvalue weighted by atomic mass is 32.3. The third kappa shape index (κ3) is 7.88. The Balaban J connectivity index is 4.07. The first-order chi connectivity index (χ1) is 3.71. The quantitative estimate of drug-likeness (QED) is 0.534. The number of rotatable bonds is 1. The van der Waals surface area contributed by atoms with E-state index in [0.29, 0.717) is 0 Å². The molecule has 0 aromatic carbocycles. The molecule has 9 heavy (non-hydrogen) atoms. The van der Waals surface area contributed by atoms with Crippen molar-refractivity contribution in [2.45, 2.75) is 20.8 Å². The van der Waals surface area contributed by atoms with Crippen LogP contribution in [0.5, 0.6) is 0 Å². The van der Waals surface area contributed by atoms with Crippen molar-refractivity contribution >= 4 is 10.2 Å². The van der Waals surface area contributed by atoms with Crippen LogP contribution in [0.15, 0.2) is 0 Å². The summed E-state index contributed by atoms with van der Waals surface area (Å²) in [6, 6.07) is 0. The van der Waals surface area contributed by atoms with Gasteiger partial charge in [0.2, 0.25) is 0 Å². The third-order valence-corrected chi connectivity index (χ3v) is 1.82. The van der Waals surface area contributed by atoms with E-state index in [-0.39, 0.29) is 0 Å². The molecule has 0 bridgehead atoms. The second kappa shape index (κ2) is 2.25. The van der Waals surface area contributed by atoms with E-state index in [4.69, 9.17) is 0 Å². The molecule has 0 atom stereocenters. The number of hydrogen-bond donors (Lipinski definition) is 0. The van der Waals surface area contributed by atoms with Gasteiger partial charge in [-0.25, -0.2) is 0 Å². The second-order valence-electron chi connectivity index (χ2n) is 3.24. The molecule has 0 rings (SSSR count). The van der Waals surface area contributed by atoms with Crippen LogP contribution < -0.4 is 0 Å². The molecule has 0 amide bonds. The van der Waals surface area contributed by atoms with Crippen LogP contribution in [-0.4, -0.2) is 14.2 Å². The van der Waals surface area contributed by atoms with Gasteiger partial charge in [0, 0.05) is 0 Å². The predicted octanol–water partition coefficient (Wildman–Crippen LogP) is 1.33. The molecule has 0 saturated heterocycles. The fourth-order valence-electron chi connectivity index (χ4n) is 0.517. The van der Waals surface area contributed by atoms with Gasteiger partial charge in [-0.05, 0) is 5.41 Å². The van der Waals surface area contributed by atoms with Crippen molar-refractivity contribution < 1.29 is 12.3 Å². The summed E-state index contributed by atoms with van der Waals surface area (Å²) in [5, 5.41) is 0. The van der Waals surface area contributed by atoms with Crippen LogP contribution in [0.3, 0.4) is 0 Å². The van der Waals surface area contributed by atoms with Crippen LogP contribution in [0, 0.1) is 5.41 Å². The van der Waals surface area contributed by atoms with Crippen molar-refractivity contribution in [3.63, 3.8) is 0 Å². The summed E-state index contributed by atoms with van der Waals surface area (Å²) in [7, 11) is -4.28. The molecule has 0 fully saturated rings. The van der Waals surface area contributed by atoms with E-state index in [9.17, 15) is 12.3 Å². The van der Waals surface area contributed by atoms with E-state index in [1.807, 2.05) is 0 Å². The minimum Gasteiger partial charge on any atom is -0.195 e. The van der Waals surface area contributed by atoms with Gasteiger partial charge in [0.1, 0.15) is 0 Å². The average molecular weight is 154 g/mol. The SMILES string of the molecule is CC(C)(C)CS(=O)(=O)F. The third-order valence-electron chi connectivity index (χ3n) is 0.605. The summed E-state index contributed by atoms with van der Waals surface area (Å²) in [6.45, 7) is 5.01. The lowest BCUT2D eigenvalue weighted by atomic mass is 10.0. The molecule has 0 aliphatic rings. The second-order valence-corrected chi connectivity index (χ2v) is 4.61. The summed E-state index contributed by atoms with van der Waals surface area (Å²) in [5.41, 5.74) is -0.479. The first-order valence-electron chi connectivity index (χ1n) is 2.63. The van der Waals surface area contributed by atoms with Gasteiger partial charge in [0.05, 0.1) is 5.75 Å². The largest absolute Gasteiger partial charge is 0.302 e. The molecule has 0 saturated carbocycles. The number of hydrogen-bond acceptors (Lipinski definition) is 2. The first kappa shape index (κ1) is 8.88. The molecule has 0 radical (unpaired) electrons. The molecule has 2 nitrogen and oxygen atoms in total. The molecule has 0 heterocycles. The molecule has 0 aliphatic heterocycles. The topological polar surface area (TPSA) is 34.1 Å². The molecule has 0 N–H and O–H groups in total. The Bertz CT molecular complexity index is 176. The lowest BCUT2D eigenvalue weighted by Gasteiger charge is -2.13. The molecule has 0 aromatic heterocycles. The fourth-order valence-corrected chi connectivity index (χ4v) is 1.55. The zero-order valence-corrected chi connectivity index (χ0v) is 6.63. The van der Waals surface area contributed by atoms with E-state index < -0.39 is 21.4 Å². The molecule has 0 unspecified atom stereocenters. The Morgan fingerprint density at radius 2 is 1.67 bits per heavy atom. The summed E-state index contributed by atoms with van der Waals surface area (Å²) in [5.74, 6) is -0.403. The zero-order chi connectivity index (χ0) is 7.71. The van der Waals surface area contributed by atoms with Crippen molar-refractivity contribution in [3.05, 3.63) is 0 Å². The molecule has 0 aliphatic carbocycles. The van der Waals surface area contributed by atoms with Gasteiger partial charge < -0.3 is 0 Å². The zero-order valence-electron chi connectivity index (χ0n) is 5.81. The first-order valence-corrected chi connectivity index (χ1v) is 4.18. The van der Waals surface area contributed by atoms with Gasteiger partial charge in [-0.3, -0.25) is 0 Å². The Morgan fingerprint density at radius 3 is 1.67 bits per heavy atom. The Labute approximate surface area is 55.3 Å². The number of halogens is 1.